The molecule has 2 fully saturated rings. The van der Waals surface area contributed by atoms with Gasteiger partial charge in [-0.05, 0) is 81.4 Å². The third kappa shape index (κ3) is 8.10. The van der Waals surface area contributed by atoms with Crippen LogP contribution in [0.25, 0.3) is 11.1 Å². The molecule has 1 aromatic heterocycles. The van der Waals surface area contributed by atoms with Gasteiger partial charge in [-0.25, -0.2) is 0 Å². The summed E-state index contributed by atoms with van der Waals surface area (Å²) in [6.07, 6.45) is 11.3. The SMILES string of the molecule is CC(=O)NC1CCC(N(C)c2cc(-c3cnn(CCN4CCOCC4)c3)cc(C(=O)NCC3C(=O)C=C(C)C=C3C)c2C)CC1. The highest BCUT2D eigenvalue weighted by Gasteiger charge is 2.28. The summed E-state index contributed by atoms with van der Waals surface area (Å²) < 4.78 is 7.44. The van der Waals surface area contributed by atoms with Crippen molar-refractivity contribution in [2.45, 2.75) is 72.0 Å². The van der Waals surface area contributed by atoms with E-state index in [1.54, 1.807) is 13.0 Å². The maximum absolute atomic E-state index is 13.8. The fraction of sp³-hybridized carbons (Fsp3) is 0.543. The number of allylic oxidation sites excluding steroid dienone is 3. The molecule has 45 heavy (non-hydrogen) atoms. The molecule has 2 aliphatic carbocycles. The van der Waals surface area contributed by atoms with Crippen molar-refractivity contribution in [2.75, 3.05) is 51.3 Å². The summed E-state index contributed by atoms with van der Waals surface area (Å²) in [6, 6.07) is 4.62. The molecule has 10 nitrogen and oxygen atoms in total. The van der Waals surface area contributed by atoms with Crippen LogP contribution >= 0.6 is 0 Å². The van der Waals surface area contributed by atoms with E-state index in [0.717, 1.165) is 98.6 Å². The van der Waals surface area contributed by atoms with Crippen molar-refractivity contribution in [1.82, 2.24) is 25.3 Å². The van der Waals surface area contributed by atoms with Crippen molar-refractivity contribution in [3.63, 3.8) is 0 Å². The van der Waals surface area contributed by atoms with E-state index in [0.29, 0.717) is 11.6 Å². The average Bonchev–Trinajstić information content (AvgIpc) is 3.49. The predicted octanol–water partition coefficient (Wildman–Crippen LogP) is 3.90. The summed E-state index contributed by atoms with van der Waals surface area (Å²) in [6.45, 7) is 12.8. The van der Waals surface area contributed by atoms with Crippen molar-refractivity contribution in [2.24, 2.45) is 5.92 Å². The molecule has 1 aromatic carbocycles. The number of ketones is 1. The molecule has 0 bridgehead atoms. The molecule has 5 rings (SSSR count). The van der Waals surface area contributed by atoms with Crippen LogP contribution in [0, 0.1) is 12.8 Å². The number of carbonyl (C=O) groups excluding carboxylic acids is 3. The van der Waals surface area contributed by atoms with Crippen molar-refractivity contribution in [1.29, 1.82) is 0 Å². The Kier molecular flexibility index (Phi) is 10.6. The maximum Gasteiger partial charge on any atom is 0.251 e. The lowest BCUT2D eigenvalue weighted by molar-refractivity contribution is -0.120. The van der Waals surface area contributed by atoms with Gasteiger partial charge < -0.3 is 20.3 Å². The largest absolute Gasteiger partial charge is 0.379 e. The van der Waals surface area contributed by atoms with Gasteiger partial charge in [-0.1, -0.05) is 11.6 Å². The second-order valence-electron chi connectivity index (χ2n) is 12.9. The molecule has 1 saturated carbocycles. The summed E-state index contributed by atoms with van der Waals surface area (Å²) in [5.74, 6) is -0.502. The minimum absolute atomic E-state index is 0.0169. The highest BCUT2D eigenvalue weighted by Crippen LogP contribution is 2.34. The van der Waals surface area contributed by atoms with E-state index < -0.39 is 0 Å². The zero-order chi connectivity index (χ0) is 32.1. The van der Waals surface area contributed by atoms with Gasteiger partial charge in [0.05, 0.1) is 31.9 Å². The normalized spacial score (nSPS) is 22.4. The first-order valence-electron chi connectivity index (χ1n) is 16.2. The van der Waals surface area contributed by atoms with Crippen molar-refractivity contribution < 1.29 is 19.1 Å². The van der Waals surface area contributed by atoms with E-state index >= 15 is 0 Å². The van der Waals surface area contributed by atoms with Gasteiger partial charge in [0, 0.05) is 75.2 Å². The summed E-state index contributed by atoms with van der Waals surface area (Å²) in [5.41, 5.74) is 6.29. The molecular weight excluding hydrogens is 568 g/mol. The monoisotopic (exact) mass is 616 g/mol. The molecule has 2 aromatic rings. The van der Waals surface area contributed by atoms with Gasteiger partial charge in [-0.2, -0.15) is 5.10 Å². The molecular formula is C35H48N6O4. The molecule has 0 spiro atoms. The Labute approximate surface area is 266 Å². The summed E-state index contributed by atoms with van der Waals surface area (Å²) in [7, 11) is 2.10. The third-order valence-electron chi connectivity index (χ3n) is 9.56. The molecule has 2 heterocycles. The lowest BCUT2D eigenvalue weighted by Gasteiger charge is -2.37. The standard InChI is InChI=1S/C35H48N6O4/c1-23-16-24(2)32(34(43)17-23)21-36-35(44)31-18-27(28-20-37-41(22-28)11-10-40-12-14-45-15-13-40)19-33(25(31)3)39(5)30-8-6-29(7-9-30)38-26(4)42/h16-20,22,29-30,32H,6-15,21H2,1-5H3,(H,36,44)(H,38,42). The van der Waals surface area contributed by atoms with Gasteiger partial charge in [0.1, 0.15) is 0 Å². The van der Waals surface area contributed by atoms with Crippen molar-refractivity contribution in [3.8, 4) is 11.1 Å². The number of anilines is 1. The number of nitrogens with one attached hydrogen (secondary N) is 2. The fourth-order valence-electron chi connectivity index (χ4n) is 6.87. The molecule has 2 N–H and O–H groups in total. The van der Waals surface area contributed by atoms with Crippen LogP contribution in [-0.2, 0) is 20.9 Å². The van der Waals surface area contributed by atoms with E-state index in [-0.39, 0.29) is 36.1 Å². The van der Waals surface area contributed by atoms with Gasteiger partial charge in [-0.3, -0.25) is 24.0 Å². The Morgan fingerprint density at radius 1 is 1.02 bits per heavy atom. The number of nitrogens with zero attached hydrogens (tertiary/aromatic N) is 4. The highest BCUT2D eigenvalue weighted by atomic mass is 16.5. The highest BCUT2D eigenvalue weighted by molar-refractivity contribution is 6.00. The van der Waals surface area contributed by atoms with Crippen molar-refractivity contribution in [3.05, 3.63) is 59.0 Å². The van der Waals surface area contributed by atoms with E-state index in [4.69, 9.17) is 4.74 Å². The third-order valence-corrected chi connectivity index (χ3v) is 9.56. The maximum atomic E-state index is 13.8. The number of hydrogen-bond acceptors (Lipinski definition) is 7. The Bertz CT molecular complexity index is 1460. The topological polar surface area (TPSA) is 109 Å². The average molecular weight is 617 g/mol. The first-order chi connectivity index (χ1) is 21.6. The van der Waals surface area contributed by atoms with E-state index in [1.165, 1.54) is 0 Å². The van der Waals surface area contributed by atoms with Crippen LogP contribution in [0.4, 0.5) is 5.69 Å². The zero-order valence-electron chi connectivity index (χ0n) is 27.4. The molecule has 1 unspecified atom stereocenters. The summed E-state index contributed by atoms with van der Waals surface area (Å²) >= 11 is 0. The minimum atomic E-state index is -0.355. The number of amides is 2. The van der Waals surface area contributed by atoms with E-state index in [1.807, 2.05) is 43.8 Å². The molecule has 1 aliphatic heterocycles. The molecule has 0 radical (unpaired) electrons. The second kappa shape index (κ2) is 14.6. The first kappa shape index (κ1) is 32.6. The summed E-state index contributed by atoms with van der Waals surface area (Å²) in [4.78, 5) is 42.8. The second-order valence-corrected chi connectivity index (χ2v) is 12.9. The number of aromatic nitrogens is 2. The van der Waals surface area contributed by atoms with Crippen LogP contribution < -0.4 is 15.5 Å². The van der Waals surface area contributed by atoms with Crippen LogP contribution in [0.2, 0.25) is 0 Å². The smallest absolute Gasteiger partial charge is 0.251 e. The van der Waals surface area contributed by atoms with Gasteiger partial charge in [0.25, 0.3) is 5.91 Å². The van der Waals surface area contributed by atoms with Gasteiger partial charge in [-0.15, -0.1) is 0 Å². The Morgan fingerprint density at radius 2 is 1.76 bits per heavy atom. The van der Waals surface area contributed by atoms with Gasteiger partial charge in [0.15, 0.2) is 5.78 Å². The quantitative estimate of drug-likeness (QED) is 0.417. The van der Waals surface area contributed by atoms with Crippen LogP contribution in [0.5, 0.6) is 0 Å². The zero-order valence-corrected chi connectivity index (χ0v) is 27.4. The van der Waals surface area contributed by atoms with Crippen LogP contribution in [0.3, 0.4) is 0 Å². The lowest BCUT2D eigenvalue weighted by Crippen LogP contribution is -2.42. The van der Waals surface area contributed by atoms with Crippen molar-refractivity contribution >= 4 is 23.3 Å². The fourth-order valence-corrected chi connectivity index (χ4v) is 6.87. The van der Waals surface area contributed by atoms with Crippen LogP contribution in [-0.4, -0.2) is 90.8 Å². The lowest BCUT2D eigenvalue weighted by atomic mass is 9.88. The molecule has 2 amide bonds. The number of benzene rings is 1. The van der Waals surface area contributed by atoms with Gasteiger partial charge >= 0.3 is 0 Å². The number of ether oxygens (including phenoxy) is 1. The molecule has 1 saturated heterocycles. The van der Waals surface area contributed by atoms with Crippen LogP contribution in [0.1, 0.15) is 62.4 Å². The molecule has 10 heteroatoms. The number of rotatable bonds is 10. The predicted molar refractivity (Wildman–Crippen MR) is 176 cm³/mol. The van der Waals surface area contributed by atoms with E-state index in [2.05, 4.69) is 44.8 Å². The number of carbonyl (C=O) groups is 3. The molecule has 3 aliphatic rings. The minimum Gasteiger partial charge on any atom is -0.379 e. The number of hydrogen-bond donors (Lipinski definition) is 2. The Balaban J connectivity index is 1.38. The van der Waals surface area contributed by atoms with Crippen LogP contribution in [0.15, 0.2) is 47.8 Å². The molecule has 242 valence electrons. The Hall–Kier alpha value is -3.76. The molecule has 1 atom stereocenters. The Morgan fingerprint density at radius 3 is 2.44 bits per heavy atom. The van der Waals surface area contributed by atoms with Gasteiger partial charge in [0.2, 0.25) is 5.91 Å². The summed E-state index contributed by atoms with van der Waals surface area (Å²) in [5, 5.41) is 10.8. The number of morpholine rings is 1. The first-order valence-corrected chi connectivity index (χ1v) is 16.2. The van der Waals surface area contributed by atoms with E-state index in [9.17, 15) is 14.4 Å².